The van der Waals surface area contributed by atoms with Crippen LogP contribution in [-0.4, -0.2) is 12.5 Å². The van der Waals surface area contributed by atoms with Crippen molar-refractivity contribution in [2.24, 2.45) is 5.73 Å². The molecule has 6 heteroatoms. The lowest BCUT2D eigenvalue weighted by atomic mass is 10.2. The van der Waals surface area contributed by atoms with Crippen LogP contribution < -0.4 is 11.1 Å². The molecule has 3 nitrogen and oxygen atoms in total. The Labute approximate surface area is 92.1 Å². The van der Waals surface area contributed by atoms with Crippen molar-refractivity contribution < 1.29 is 13.6 Å². The lowest BCUT2D eigenvalue weighted by molar-refractivity contribution is -0.119. The van der Waals surface area contributed by atoms with Gasteiger partial charge in [-0.2, -0.15) is 0 Å². The van der Waals surface area contributed by atoms with E-state index in [-0.39, 0.29) is 31.1 Å². The lowest BCUT2D eigenvalue weighted by Gasteiger charge is -2.05. The molecule has 0 atom stereocenters. The number of carbonyl (C=O) groups is 1. The van der Waals surface area contributed by atoms with Crippen LogP contribution in [0.3, 0.4) is 0 Å². The molecule has 0 saturated heterocycles. The van der Waals surface area contributed by atoms with Gasteiger partial charge in [-0.3, -0.25) is 4.79 Å². The van der Waals surface area contributed by atoms with E-state index in [1.165, 1.54) is 6.07 Å². The fourth-order valence-electron chi connectivity index (χ4n) is 0.960. The van der Waals surface area contributed by atoms with Gasteiger partial charge in [0.2, 0.25) is 5.91 Å². The molecule has 1 aromatic carbocycles. The zero-order chi connectivity index (χ0) is 10.6. The Morgan fingerprint density at radius 1 is 1.33 bits per heavy atom. The quantitative estimate of drug-likeness (QED) is 0.822. The van der Waals surface area contributed by atoms with Gasteiger partial charge in [-0.1, -0.05) is 6.07 Å². The molecule has 0 aliphatic heterocycles. The third kappa shape index (κ3) is 3.81. The average Bonchev–Trinajstić information content (AvgIpc) is 2.16. The summed E-state index contributed by atoms with van der Waals surface area (Å²) in [5.41, 5.74) is 4.85. The van der Waals surface area contributed by atoms with Gasteiger partial charge in [-0.15, -0.1) is 12.4 Å². The number of carbonyl (C=O) groups excluding carboxylic acids is 1. The van der Waals surface area contributed by atoms with E-state index in [9.17, 15) is 13.6 Å². The van der Waals surface area contributed by atoms with Gasteiger partial charge in [-0.05, 0) is 12.1 Å². The summed E-state index contributed by atoms with van der Waals surface area (Å²) in [6.45, 7) is -0.384. The maximum atomic E-state index is 13.0. The van der Waals surface area contributed by atoms with E-state index < -0.39 is 17.5 Å². The molecule has 0 aliphatic carbocycles. The standard InChI is InChI=1S/C9H10F2N2O.ClH/c10-7-2-1-3-8(11)6(7)5-13-9(14)4-12;/h1-3H,4-5,12H2,(H,13,14);1H. The molecular formula is C9H11ClF2N2O. The van der Waals surface area contributed by atoms with Crippen molar-refractivity contribution in [3.63, 3.8) is 0 Å². The Morgan fingerprint density at radius 2 is 1.87 bits per heavy atom. The molecule has 0 heterocycles. The van der Waals surface area contributed by atoms with Crippen molar-refractivity contribution in [1.29, 1.82) is 0 Å². The minimum absolute atomic E-state index is 0. The molecule has 0 spiro atoms. The van der Waals surface area contributed by atoms with E-state index in [0.717, 1.165) is 12.1 Å². The predicted molar refractivity (Wildman–Crippen MR) is 54.5 cm³/mol. The minimum Gasteiger partial charge on any atom is -0.351 e. The summed E-state index contributed by atoms with van der Waals surface area (Å²) in [5, 5.41) is 2.29. The maximum absolute atomic E-state index is 13.0. The van der Waals surface area contributed by atoms with Gasteiger partial charge in [0.05, 0.1) is 6.54 Å². The number of hydrogen-bond donors (Lipinski definition) is 2. The van der Waals surface area contributed by atoms with Gasteiger partial charge in [0, 0.05) is 12.1 Å². The fraction of sp³-hybridized carbons (Fsp3) is 0.222. The molecule has 0 aromatic heterocycles. The SMILES string of the molecule is Cl.NCC(=O)NCc1c(F)cccc1F. The zero-order valence-electron chi connectivity index (χ0n) is 7.80. The molecule has 0 saturated carbocycles. The second-order valence-corrected chi connectivity index (χ2v) is 2.68. The van der Waals surface area contributed by atoms with Gasteiger partial charge in [0.25, 0.3) is 0 Å². The second kappa shape index (κ2) is 6.31. The van der Waals surface area contributed by atoms with Crippen molar-refractivity contribution in [1.82, 2.24) is 5.32 Å². The topological polar surface area (TPSA) is 55.1 Å². The van der Waals surface area contributed by atoms with E-state index in [4.69, 9.17) is 5.73 Å². The lowest BCUT2D eigenvalue weighted by Crippen LogP contribution is -2.30. The molecule has 1 rings (SSSR count). The highest BCUT2D eigenvalue weighted by atomic mass is 35.5. The highest BCUT2D eigenvalue weighted by molar-refractivity contribution is 5.85. The second-order valence-electron chi connectivity index (χ2n) is 2.68. The van der Waals surface area contributed by atoms with Gasteiger partial charge < -0.3 is 11.1 Å². The van der Waals surface area contributed by atoms with Crippen LogP contribution in [0.4, 0.5) is 8.78 Å². The summed E-state index contributed by atoms with van der Waals surface area (Å²) in [6, 6.07) is 3.53. The summed E-state index contributed by atoms with van der Waals surface area (Å²) >= 11 is 0. The van der Waals surface area contributed by atoms with Crippen LogP contribution in [-0.2, 0) is 11.3 Å². The molecule has 1 amide bonds. The number of hydrogen-bond acceptors (Lipinski definition) is 2. The van der Waals surface area contributed by atoms with Crippen LogP contribution in [0.15, 0.2) is 18.2 Å². The first-order valence-electron chi connectivity index (χ1n) is 4.05. The third-order valence-corrected chi connectivity index (χ3v) is 1.71. The number of nitrogens with one attached hydrogen (secondary N) is 1. The smallest absolute Gasteiger partial charge is 0.234 e. The molecule has 15 heavy (non-hydrogen) atoms. The molecule has 1 aromatic rings. The Kier molecular flexibility index (Phi) is 5.81. The predicted octanol–water partition coefficient (Wildman–Crippen LogP) is 0.961. The first-order chi connectivity index (χ1) is 6.65. The maximum Gasteiger partial charge on any atom is 0.234 e. The van der Waals surface area contributed by atoms with Crippen molar-refractivity contribution in [3.05, 3.63) is 35.4 Å². The van der Waals surface area contributed by atoms with Crippen LogP contribution >= 0.6 is 12.4 Å². The Morgan fingerprint density at radius 3 is 2.33 bits per heavy atom. The molecule has 0 unspecified atom stereocenters. The molecule has 0 fully saturated rings. The Bertz CT molecular complexity index is 327. The third-order valence-electron chi connectivity index (χ3n) is 1.71. The number of rotatable bonds is 3. The first-order valence-corrected chi connectivity index (χ1v) is 4.05. The van der Waals surface area contributed by atoms with Crippen LogP contribution in [0.25, 0.3) is 0 Å². The van der Waals surface area contributed by atoms with Crippen LogP contribution in [0.2, 0.25) is 0 Å². The minimum atomic E-state index is -0.678. The summed E-state index contributed by atoms with van der Waals surface area (Å²) in [6.07, 6.45) is 0. The number of nitrogens with two attached hydrogens (primary N) is 1. The van der Waals surface area contributed by atoms with Gasteiger partial charge in [-0.25, -0.2) is 8.78 Å². The molecule has 0 aliphatic rings. The number of amides is 1. The van der Waals surface area contributed by atoms with E-state index in [2.05, 4.69) is 5.32 Å². The van der Waals surface area contributed by atoms with Gasteiger partial charge >= 0.3 is 0 Å². The monoisotopic (exact) mass is 236 g/mol. The normalized spacial score (nSPS) is 9.27. The molecule has 0 bridgehead atoms. The summed E-state index contributed by atoms with van der Waals surface area (Å²) < 4.78 is 26.0. The number of benzene rings is 1. The molecule has 3 N–H and O–H groups in total. The van der Waals surface area contributed by atoms with Crippen molar-refractivity contribution in [2.45, 2.75) is 6.54 Å². The Balaban J connectivity index is 0.00000196. The van der Waals surface area contributed by atoms with Crippen LogP contribution in [0.1, 0.15) is 5.56 Å². The molecular weight excluding hydrogens is 226 g/mol. The fourth-order valence-corrected chi connectivity index (χ4v) is 0.960. The first kappa shape index (κ1) is 13.8. The van der Waals surface area contributed by atoms with E-state index in [0.29, 0.717) is 0 Å². The van der Waals surface area contributed by atoms with Crippen molar-refractivity contribution in [3.8, 4) is 0 Å². The summed E-state index contributed by atoms with van der Waals surface area (Å²) in [7, 11) is 0. The largest absolute Gasteiger partial charge is 0.351 e. The van der Waals surface area contributed by atoms with E-state index >= 15 is 0 Å². The summed E-state index contributed by atoms with van der Waals surface area (Å²) in [4.78, 5) is 10.7. The van der Waals surface area contributed by atoms with Crippen LogP contribution in [0.5, 0.6) is 0 Å². The highest BCUT2D eigenvalue weighted by Gasteiger charge is 2.08. The Hall–Kier alpha value is -1.20. The number of halogens is 3. The van der Waals surface area contributed by atoms with E-state index in [1.807, 2.05) is 0 Å². The summed E-state index contributed by atoms with van der Waals surface area (Å²) in [5.74, 6) is -1.81. The van der Waals surface area contributed by atoms with Crippen LogP contribution in [0, 0.1) is 11.6 Å². The van der Waals surface area contributed by atoms with Gasteiger partial charge in [0.1, 0.15) is 11.6 Å². The van der Waals surface area contributed by atoms with E-state index in [1.54, 1.807) is 0 Å². The molecule has 0 radical (unpaired) electrons. The average molecular weight is 237 g/mol. The van der Waals surface area contributed by atoms with Crippen molar-refractivity contribution >= 4 is 18.3 Å². The van der Waals surface area contributed by atoms with Crippen molar-refractivity contribution in [2.75, 3.05) is 6.54 Å². The molecule has 84 valence electrons. The highest BCUT2D eigenvalue weighted by Crippen LogP contribution is 2.11. The zero-order valence-corrected chi connectivity index (χ0v) is 8.61. The van der Waals surface area contributed by atoms with Gasteiger partial charge in [0.15, 0.2) is 0 Å².